The standard InChI is InChI=1S/C19H20F2N2O3/c1-19(2)11-23(10-12-7-8-13(25-3)9-16(12)26-19)18(24)22-15-6-4-5-14(20)17(15)21/h4-9H,10-11H2,1-3H3,(H,22,24). The second kappa shape index (κ2) is 6.82. The van der Waals surface area contributed by atoms with Crippen molar-refractivity contribution >= 4 is 11.7 Å². The smallest absolute Gasteiger partial charge is 0.322 e. The summed E-state index contributed by atoms with van der Waals surface area (Å²) in [5.41, 5.74) is -0.0747. The Bertz CT molecular complexity index is 840. The van der Waals surface area contributed by atoms with E-state index >= 15 is 0 Å². The van der Waals surface area contributed by atoms with Gasteiger partial charge in [-0.15, -0.1) is 0 Å². The van der Waals surface area contributed by atoms with Gasteiger partial charge < -0.3 is 19.7 Å². The second-order valence-electron chi connectivity index (χ2n) is 6.72. The van der Waals surface area contributed by atoms with Gasteiger partial charge in [-0.05, 0) is 38.1 Å². The average molecular weight is 362 g/mol. The molecule has 0 saturated carbocycles. The molecule has 0 aromatic heterocycles. The van der Waals surface area contributed by atoms with E-state index in [4.69, 9.17) is 9.47 Å². The number of fused-ring (bicyclic) bond motifs is 1. The molecular formula is C19H20F2N2O3. The summed E-state index contributed by atoms with van der Waals surface area (Å²) >= 11 is 0. The van der Waals surface area contributed by atoms with Crippen LogP contribution in [0, 0.1) is 11.6 Å². The summed E-state index contributed by atoms with van der Waals surface area (Å²) in [7, 11) is 1.57. The molecule has 0 fully saturated rings. The van der Waals surface area contributed by atoms with Crippen LogP contribution in [0.15, 0.2) is 36.4 Å². The number of nitrogens with zero attached hydrogens (tertiary/aromatic N) is 1. The lowest BCUT2D eigenvalue weighted by Crippen LogP contribution is -2.44. The fourth-order valence-corrected chi connectivity index (χ4v) is 2.88. The number of benzene rings is 2. The van der Waals surface area contributed by atoms with Gasteiger partial charge in [-0.25, -0.2) is 13.6 Å². The molecule has 0 atom stereocenters. The lowest BCUT2D eigenvalue weighted by molar-refractivity contribution is 0.0833. The van der Waals surface area contributed by atoms with Crippen LogP contribution in [0.3, 0.4) is 0 Å². The van der Waals surface area contributed by atoms with Gasteiger partial charge in [0.2, 0.25) is 0 Å². The van der Waals surface area contributed by atoms with Gasteiger partial charge in [-0.1, -0.05) is 6.07 Å². The highest BCUT2D eigenvalue weighted by molar-refractivity contribution is 5.89. The maximum absolute atomic E-state index is 13.8. The van der Waals surface area contributed by atoms with Gasteiger partial charge in [0.25, 0.3) is 0 Å². The van der Waals surface area contributed by atoms with Gasteiger partial charge in [0.15, 0.2) is 11.6 Å². The first-order valence-electron chi connectivity index (χ1n) is 8.15. The Morgan fingerprint density at radius 3 is 2.77 bits per heavy atom. The normalized spacial score (nSPS) is 15.5. The first-order chi connectivity index (χ1) is 12.3. The molecule has 2 amide bonds. The maximum atomic E-state index is 13.8. The van der Waals surface area contributed by atoms with E-state index in [1.807, 2.05) is 19.9 Å². The fraction of sp³-hybridized carbons (Fsp3) is 0.316. The predicted molar refractivity (Wildman–Crippen MR) is 93.5 cm³/mol. The Kier molecular flexibility index (Phi) is 4.71. The van der Waals surface area contributed by atoms with Gasteiger partial charge in [0.1, 0.15) is 17.1 Å². The highest BCUT2D eigenvalue weighted by Crippen LogP contribution is 2.33. The predicted octanol–water partition coefficient (Wildman–Crippen LogP) is 4.18. The molecule has 3 rings (SSSR count). The van der Waals surface area contributed by atoms with Crippen molar-refractivity contribution in [1.29, 1.82) is 0 Å². The number of anilines is 1. The molecule has 1 N–H and O–H groups in total. The van der Waals surface area contributed by atoms with Crippen molar-refractivity contribution in [2.24, 2.45) is 0 Å². The van der Waals surface area contributed by atoms with E-state index in [0.29, 0.717) is 11.5 Å². The van der Waals surface area contributed by atoms with Crippen LogP contribution in [0.4, 0.5) is 19.3 Å². The highest BCUT2D eigenvalue weighted by Gasteiger charge is 2.32. The summed E-state index contributed by atoms with van der Waals surface area (Å²) in [5.74, 6) is -0.822. The van der Waals surface area contributed by atoms with Crippen LogP contribution in [0.5, 0.6) is 11.5 Å². The van der Waals surface area contributed by atoms with E-state index in [1.165, 1.54) is 17.0 Å². The van der Waals surface area contributed by atoms with Crippen LogP contribution >= 0.6 is 0 Å². The molecule has 2 aromatic carbocycles. The van der Waals surface area contributed by atoms with Crippen molar-refractivity contribution in [2.45, 2.75) is 26.0 Å². The Balaban J connectivity index is 1.86. The number of halogens is 2. The molecule has 5 nitrogen and oxygen atoms in total. The van der Waals surface area contributed by atoms with Crippen LogP contribution in [0.25, 0.3) is 0 Å². The van der Waals surface area contributed by atoms with E-state index < -0.39 is 23.3 Å². The van der Waals surface area contributed by atoms with E-state index in [2.05, 4.69) is 5.32 Å². The zero-order valence-electron chi connectivity index (χ0n) is 14.8. The monoisotopic (exact) mass is 362 g/mol. The van der Waals surface area contributed by atoms with Crippen LogP contribution in [0.2, 0.25) is 0 Å². The molecule has 1 heterocycles. The van der Waals surface area contributed by atoms with Crippen molar-refractivity contribution in [3.05, 3.63) is 53.6 Å². The number of hydrogen-bond acceptors (Lipinski definition) is 3. The van der Waals surface area contributed by atoms with Crippen LogP contribution < -0.4 is 14.8 Å². The molecule has 0 spiro atoms. The summed E-state index contributed by atoms with van der Waals surface area (Å²) in [5, 5.41) is 2.43. The number of urea groups is 1. The second-order valence-corrected chi connectivity index (χ2v) is 6.72. The van der Waals surface area contributed by atoms with Gasteiger partial charge in [0.05, 0.1) is 25.9 Å². The molecule has 0 bridgehead atoms. The van der Waals surface area contributed by atoms with E-state index in [1.54, 1.807) is 19.2 Å². The van der Waals surface area contributed by atoms with Crippen LogP contribution in [-0.4, -0.2) is 30.2 Å². The molecule has 0 unspecified atom stereocenters. The largest absolute Gasteiger partial charge is 0.497 e. The quantitative estimate of drug-likeness (QED) is 0.872. The molecule has 0 saturated heterocycles. The summed E-state index contributed by atoms with van der Waals surface area (Å²) in [6.45, 7) is 4.24. The first-order valence-corrected chi connectivity index (χ1v) is 8.15. The van der Waals surface area contributed by atoms with Gasteiger partial charge in [-0.3, -0.25) is 0 Å². The molecule has 1 aliphatic rings. The molecular weight excluding hydrogens is 342 g/mol. The van der Waals surface area contributed by atoms with Crippen molar-refractivity contribution < 1.29 is 23.0 Å². The SMILES string of the molecule is COc1ccc2c(c1)OC(C)(C)CN(C(=O)Nc1cccc(F)c1F)C2. The molecule has 0 radical (unpaired) electrons. The third kappa shape index (κ3) is 3.71. The lowest BCUT2D eigenvalue weighted by atomic mass is 10.1. The Labute approximate surface area is 150 Å². The van der Waals surface area contributed by atoms with Gasteiger partial charge in [0, 0.05) is 11.6 Å². The summed E-state index contributed by atoms with van der Waals surface area (Å²) < 4.78 is 38.4. The average Bonchev–Trinajstić information content (AvgIpc) is 2.72. The first kappa shape index (κ1) is 18.0. The Hall–Kier alpha value is -2.83. The van der Waals surface area contributed by atoms with Crippen molar-refractivity contribution in [3.8, 4) is 11.5 Å². The van der Waals surface area contributed by atoms with E-state index in [0.717, 1.165) is 11.6 Å². The fourth-order valence-electron chi connectivity index (χ4n) is 2.88. The number of rotatable bonds is 2. The van der Waals surface area contributed by atoms with Gasteiger partial charge in [-0.2, -0.15) is 0 Å². The molecule has 138 valence electrons. The minimum absolute atomic E-state index is 0.201. The van der Waals surface area contributed by atoms with Crippen molar-refractivity contribution in [1.82, 2.24) is 4.90 Å². The third-order valence-electron chi connectivity index (χ3n) is 4.07. The van der Waals surface area contributed by atoms with E-state index in [9.17, 15) is 13.6 Å². The van der Waals surface area contributed by atoms with Crippen LogP contribution in [-0.2, 0) is 6.54 Å². The van der Waals surface area contributed by atoms with Crippen LogP contribution in [0.1, 0.15) is 19.4 Å². The van der Waals surface area contributed by atoms with Crippen molar-refractivity contribution in [2.75, 3.05) is 19.0 Å². The molecule has 26 heavy (non-hydrogen) atoms. The highest BCUT2D eigenvalue weighted by atomic mass is 19.2. The third-order valence-corrected chi connectivity index (χ3v) is 4.07. The number of ether oxygens (including phenoxy) is 2. The topological polar surface area (TPSA) is 50.8 Å². The Morgan fingerprint density at radius 1 is 1.27 bits per heavy atom. The number of methoxy groups -OCH3 is 1. The van der Waals surface area contributed by atoms with Crippen molar-refractivity contribution in [3.63, 3.8) is 0 Å². The number of nitrogens with one attached hydrogen (secondary N) is 1. The maximum Gasteiger partial charge on any atom is 0.322 e. The number of hydrogen-bond donors (Lipinski definition) is 1. The molecule has 2 aromatic rings. The number of carbonyl (C=O) groups excluding carboxylic acids is 1. The zero-order chi connectivity index (χ0) is 18.9. The summed E-state index contributed by atoms with van der Waals surface area (Å²) in [4.78, 5) is 14.2. The molecule has 7 heteroatoms. The minimum Gasteiger partial charge on any atom is -0.497 e. The molecule has 1 aliphatic heterocycles. The lowest BCUT2D eigenvalue weighted by Gasteiger charge is -2.29. The summed E-state index contributed by atoms with van der Waals surface area (Å²) in [6, 6.07) is 8.48. The Morgan fingerprint density at radius 2 is 2.04 bits per heavy atom. The summed E-state index contributed by atoms with van der Waals surface area (Å²) in [6.07, 6.45) is 0. The van der Waals surface area contributed by atoms with E-state index in [-0.39, 0.29) is 18.8 Å². The zero-order valence-corrected chi connectivity index (χ0v) is 14.8. The number of amides is 2. The number of carbonyl (C=O) groups is 1. The van der Waals surface area contributed by atoms with Gasteiger partial charge >= 0.3 is 6.03 Å². The minimum atomic E-state index is -1.09. The molecule has 0 aliphatic carbocycles.